The Labute approximate surface area is 179 Å². The van der Waals surface area contributed by atoms with Gasteiger partial charge in [-0.2, -0.15) is 0 Å². The van der Waals surface area contributed by atoms with Crippen LogP contribution in [-0.4, -0.2) is 42.2 Å². The molecular weight excluding hydrogens is 376 g/mol. The predicted molar refractivity (Wildman–Crippen MR) is 117 cm³/mol. The van der Waals surface area contributed by atoms with Gasteiger partial charge in [-0.1, -0.05) is 61.4 Å². The highest BCUT2D eigenvalue weighted by Gasteiger charge is 2.49. The van der Waals surface area contributed by atoms with E-state index in [0.29, 0.717) is 19.5 Å². The molecule has 160 valence electrons. The van der Waals surface area contributed by atoms with E-state index in [-0.39, 0.29) is 17.9 Å². The minimum Gasteiger partial charge on any atom is -0.496 e. The van der Waals surface area contributed by atoms with Crippen molar-refractivity contribution in [2.45, 2.75) is 50.3 Å². The summed E-state index contributed by atoms with van der Waals surface area (Å²) < 4.78 is 5.37. The number of aliphatic hydroxyl groups is 1. The quantitative estimate of drug-likeness (QED) is 0.768. The molecule has 5 nitrogen and oxygen atoms in total. The van der Waals surface area contributed by atoms with Crippen LogP contribution in [0, 0.1) is 5.92 Å². The van der Waals surface area contributed by atoms with Crippen molar-refractivity contribution in [1.29, 1.82) is 0 Å². The van der Waals surface area contributed by atoms with Crippen molar-refractivity contribution in [2.24, 2.45) is 5.92 Å². The zero-order valence-corrected chi connectivity index (χ0v) is 17.7. The first-order valence-electron chi connectivity index (χ1n) is 11.0. The van der Waals surface area contributed by atoms with Gasteiger partial charge in [0.1, 0.15) is 5.75 Å². The lowest BCUT2D eigenvalue weighted by atomic mass is 9.66. The second kappa shape index (κ2) is 9.19. The Kier molecular flexibility index (Phi) is 6.40. The lowest BCUT2D eigenvalue weighted by Gasteiger charge is -2.52. The lowest BCUT2D eigenvalue weighted by molar-refractivity contribution is -0.136. The number of nitrogens with zero attached hydrogens (tertiary/aromatic N) is 1. The average Bonchev–Trinajstić information content (AvgIpc) is 2.80. The van der Waals surface area contributed by atoms with E-state index in [1.54, 1.807) is 7.11 Å². The van der Waals surface area contributed by atoms with Gasteiger partial charge >= 0.3 is 0 Å². The minimum atomic E-state index is -0.795. The fourth-order valence-electron chi connectivity index (χ4n) is 5.34. The number of rotatable bonds is 6. The maximum atomic E-state index is 12.7. The smallest absolute Gasteiger partial charge is 0.234 e. The number of hydrogen-bond donors (Lipinski definition) is 2. The molecule has 1 saturated heterocycles. The Bertz CT molecular complexity index is 856. The molecule has 3 atom stereocenters. The van der Waals surface area contributed by atoms with Gasteiger partial charge in [-0.25, -0.2) is 0 Å². The van der Waals surface area contributed by atoms with Crippen LogP contribution in [0.5, 0.6) is 5.75 Å². The summed E-state index contributed by atoms with van der Waals surface area (Å²) in [6.45, 7) is 1.56. The first-order chi connectivity index (χ1) is 14.6. The summed E-state index contributed by atoms with van der Waals surface area (Å²) >= 11 is 0. The SMILES string of the molecule is COc1ccccc1CNC(=O)CN1CC[C@@](O)(c2ccccc2)[C@H]2CCCC[C@H]21. The molecule has 4 rings (SSSR count). The second-order valence-electron chi connectivity index (χ2n) is 8.56. The highest BCUT2D eigenvalue weighted by Crippen LogP contribution is 2.46. The number of likely N-dealkylation sites (tertiary alicyclic amines) is 1. The predicted octanol–water partition coefficient (Wildman–Crippen LogP) is 3.46. The van der Waals surface area contributed by atoms with Gasteiger partial charge in [0.2, 0.25) is 5.91 Å². The van der Waals surface area contributed by atoms with Gasteiger partial charge in [0.05, 0.1) is 19.3 Å². The molecule has 0 spiro atoms. The molecule has 0 radical (unpaired) electrons. The summed E-state index contributed by atoms with van der Waals surface area (Å²) in [5.74, 6) is 0.982. The number of carbonyl (C=O) groups excluding carboxylic acids is 1. The molecule has 1 saturated carbocycles. The summed E-state index contributed by atoms with van der Waals surface area (Å²) in [4.78, 5) is 15.0. The van der Waals surface area contributed by atoms with Gasteiger partial charge in [-0.3, -0.25) is 9.69 Å². The Morgan fingerprint density at radius 3 is 2.67 bits per heavy atom. The van der Waals surface area contributed by atoms with Crippen molar-refractivity contribution in [3.8, 4) is 5.75 Å². The molecule has 0 aromatic heterocycles. The largest absolute Gasteiger partial charge is 0.496 e. The zero-order valence-electron chi connectivity index (χ0n) is 17.7. The lowest BCUT2D eigenvalue weighted by Crippen LogP contribution is -2.59. The van der Waals surface area contributed by atoms with Gasteiger partial charge < -0.3 is 15.2 Å². The summed E-state index contributed by atoms with van der Waals surface area (Å²) in [6.07, 6.45) is 5.02. The number of hydrogen-bond acceptors (Lipinski definition) is 4. The van der Waals surface area contributed by atoms with E-state index in [9.17, 15) is 9.90 Å². The van der Waals surface area contributed by atoms with E-state index in [1.807, 2.05) is 54.6 Å². The van der Waals surface area contributed by atoms with E-state index in [0.717, 1.165) is 49.1 Å². The molecule has 30 heavy (non-hydrogen) atoms. The highest BCUT2D eigenvalue weighted by molar-refractivity contribution is 5.78. The third-order valence-corrected chi connectivity index (χ3v) is 6.88. The summed E-state index contributed by atoms with van der Waals surface area (Å²) in [5, 5.41) is 14.7. The monoisotopic (exact) mass is 408 g/mol. The Morgan fingerprint density at radius 2 is 1.87 bits per heavy atom. The third kappa shape index (κ3) is 4.23. The molecule has 1 amide bonds. The molecule has 2 aromatic carbocycles. The molecule has 2 fully saturated rings. The average molecular weight is 409 g/mol. The van der Waals surface area contributed by atoms with Crippen LogP contribution in [0.15, 0.2) is 54.6 Å². The topological polar surface area (TPSA) is 61.8 Å². The number of nitrogens with one attached hydrogen (secondary N) is 1. The molecule has 2 aromatic rings. The van der Waals surface area contributed by atoms with Gasteiger partial charge in [0, 0.05) is 30.6 Å². The highest BCUT2D eigenvalue weighted by atomic mass is 16.5. The number of methoxy groups -OCH3 is 1. The Hall–Kier alpha value is -2.37. The number of carbonyl (C=O) groups is 1. The molecule has 0 unspecified atom stereocenters. The number of ether oxygens (including phenoxy) is 1. The van der Waals surface area contributed by atoms with Gasteiger partial charge in [-0.05, 0) is 30.9 Å². The maximum Gasteiger partial charge on any atom is 0.234 e. The van der Waals surface area contributed by atoms with Crippen molar-refractivity contribution in [3.63, 3.8) is 0 Å². The van der Waals surface area contributed by atoms with Crippen LogP contribution in [-0.2, 0) is 16.9 Å². The van der Waals surface area contributed by atoms with Crippen molar-refractivity contribution in [3.05, 3.63) is 65.7 Å². The standard InChI is InChI=1S/C25H32N2O3/c1-30-23-14-8-5-9-19(23)17-26-24(28)18-27-16-15-25(29,20-10-3-2-4-11-20)21-12-6-7-13-22(21)27/h2-5,8-11,14,21-22,29H,6-7,12-13,15-18H2,1H3,(H,26,28)/t21-,22+,25+/m0/s1. The van der Waals surface area contributed by atoms with Crippen LogP contribution in [0.2, 0.25) is 0 Å². The van der Waals surface area contributed by atoms with Gasteiger partial charge in [-0.15, -0.1) is 0 Å². The number of fused-ring (bicyclic) bond motifs is 1. The van der Waals surface area contributed by atoms with Crippen LogP contribution in [0.25, 0.3) is 0 Å². The first kappa shape index (κ1) is 20.9. The van der Waals surface area contributed by atoms with Crippen molar-refractivity contribution >= 4 is 5.91 Å². The molecule has 2 N–H and O–H groups in total. The minimum absolute atomic E-state index is 0.0235. The zero-order chi connectivity index (χ0) is 21.0. The number of benzene rings is 2. The van der Waals surface area contributed by atoms with Crippen LogP contribution in [0.1, 0.15) is 43.2 Å². The number of para-hydroxylation sites is 1. The van der Waals surface area contributed by atoms with Crippen LogP contribution in [0.3, 0.4) is 0 Å². The molecule has 2 aliphatic rings. The fraction of sp³-hybridized carbons (Fsp3) is 0.480. The van der Waals surface area contributed by atoms with E-state index in [1.165, 1.54) is 0 Å². The van der Waals surface area contributed by atoms with E-state index in [2.05, 4.69) is 10.2 Å². The molecular formula is C25H32N2O3. The third-order valence-electron chi connectivity index (χ3n) is 6.88. The maximum absolute atomic E-state index is 12.7. The Morgan fingerprint density at radius 1 is 1.13 bits per heavy atom. The molecule has 0 bridgehead atoms. The number of piperidine rings is 1. The van der Waals surface area contributed by atoms with Crippen LogP contribution < -0.4 is 10.1 Å². The summed E-state index contributed by atoms with van der Waals surface area (Å²) in [6, 6.07) is 18.1. The van der Waals surface area contributed by atoms with Gasteiger partial charge in [0.15, 0.2) is 0 Å². The van der Waals surface area contributed by atoms with Crippen molar-refractivity contribution in [2.75, 3.05) is 20.2 Å². The number of amides is 1. The summed E-state index contributed by atoms with van der Waals surface area (Å²) in [5.41, 5.74) is 1.19. The molecule has 1 heterocycles. The van der Waals surface area contributed by atoms with Crippen molar-refractivity contribution in [1.82, 2.24) is 10.2 Å². The fourth-order valence-corrected chi connectivity index (χ4v) is 5.34. The Balaban J connectivity index is 1.42. The molecule has 1 aliphatic heterocycles. The van der Waals surface area contributed by atoms with Crippen LogP contribution in [0.4, 0.5) is 0 Å². The normalized spacial score (nSPS) is 26.6. The summed E-state index contributed by atoms with van der Waals surface area (Å²) in [7, 11) is 1.64. The van der Waals surface area contributed by atoms with E-state index >= 15 is 0 Å². The van der Waals surface area contributed by atoms with Crippen molar-refractivity contribution < 1.29 is 14.6 Å². The second-order valence-corrected chi connectivity index (χ2v) is 8.56. The van der Waals surface area contributed by atoms with E-state index < -0.39 is 5.60 Å². The molecule has 1 aliphatic carbocycles. The van der Waals surface area contributed by atoms with Gasteiger partial charge in [0.25, 0.3) is 0 Å². The molecule has 5 heteroatoms. The van der Waals surface area contributed by atoms with Crippen LogP contribution >= 0.6 is 0 Å². The van der Waals surface area contributed by atoms with E-state index in [4.69, 9.17) is 4.74 Å². The first-order valence-corrected chi connectivity index (χ1v) is 11.0.